The molecule has 0 bridgehead atoms. The van der Waals surface area contributed by atoms with Crippen molar-refractivity contribution < 1.29 is 71.9 Å². The van der Waals surface area contributed by atoms with Crippen LogP contribution in [0.2, 0.25) is 0 Å². The van der Waals surface area contributed by atoms with Gasteiger partial charge in [0.05, 0.1) is 0 Å². The number of hydrogen-bond acceptors (Lipinski definition) is 5. The summed E-state index contributed by atoms with van der Waals surface area (Å²) < 4.78 is 0. The summed E-state index contributed by atoms with van der Waals surface area (Å²) >= 11 is 0. The fourth-order valence-electron chi connectivity index (χ4n) is 3.52. The van der Waals surface area contributed by atoms with Gasteiger partial charge in [-0.3, -0.25) is 24.0 Å². The van der Waals surface area contributed by atoms with E-state index in [9.17, 15) is 24.0 Å². The number of aliphatic carboxylic acids is 5. The van der Waals surface area contributed by atoms with Crippen molar-refractivity contribution in [2.45, 2.75) is 195 Å². The average Bonchev–Trinajstić information content (AvgIpc) is 2.97. The molecule has 0 saturated carbocycles. The molecule has 0 aromatic rings. The predicted molar refractivity (Wildman–Crippen MR) is 182 cm³/mol. The molecule has 5 N–H and O–H groups in total. The number of hydrogen-bond donors (Lipinski definition) is 5. The molecule has 10 nitrogen and oxygen atoms in total. The quantitative estimate of drug-likeness (QED) is 0.0445. The van der Waals surface area contributed by atoms with E-state index in [4.69, 9.17) is 25.5 Å². The van der Waals surface area contributed by atoms with Crippen molar-refractivity contribution >= 4 is 29.8 Å². The second-order valence-electron chi connectivity index (χ2n) is 11.0. The molecule has 0 rings (SSSR count). The normalized spacial score (nSPS) is 9.24. The summed E-state index contributed by atoms with van der Waals surface area (Å²) in [6, 6.07) is 0. The summed E-state index contributed by atoms with van der Waals surface area (Å²) in [4.78, 5) is 49.8. The summed E-state index contributed by atoms with van der Waals surface area (Å²) in [7, 11) is 0. The van der Waals surface area contributed by atoms with Gasteiger partial charge in [-0.2, -0.15) is 0 Å². The number of unbranched alkanes of at least 4 members (excludes halogenated alkanes) is 15. The third-order valence-corrected chi connectivity index (χ3v) is 6.22. The molecule has 0 aromatic heterocycles. The van der Waals surface area contributed by atoms with Gasteiger partial charge >= 0.3 is 29.8 Å². The first-order valence-electron chi connectivity index (χ1n) is 17.4. The van der Waals surface area contributed by atoms with Crippen molar-refractivity contribution in [3.05, 3.63) is 0 Å². The van der Waals surface area contributed by atoms with Crippen LogP contribution < -0.4 is 0 Å². The fourth-order valence-corrected chi connectivity index (χ4v) is 3.52. The zero-order chi connectivity index (χ0) is 35.6. The van der Waals surface area contributed by atoms with Crippen LogP contribution in [-0.4, -0.2) is 55.4 Å². The predicted octanol–water partition coefficient (Wildman–Crippen LogP) is 10.2. The molecule has 0 unspecified atom stereocenters. The van der Waals surface area contributed by atoms with Crippen molar-refractivity contribution in [2.75, 3.05) is 0 Å². The minimum absolute atomic E-state index is 0. The Balaban J connectivity index is -0.000000108. The Kier molecular flexibility index (Phi) is 64.5. The van der Waals surface area contributed by atoms with Crippen LogP contribution in [0.5, 0.6) is 0 Å². The van der Waals surface area contributed by atoms with Gasteiger partial charge in [-0.25, -0.2) is 0 Å². The average molecular weight is 744 g/mol. The van der Waals surface area contributed by atoms with Crippen LogP contribution in [0.15, 0.2) is 0 Å². The summed E-state index contributed by atoms with van der Waals surface area (Å²) in [6.07, 6.45) is 22.8. The van der Waals surface area contributed by atoms with Gasteiger partial charge in [-0.15, -0.1) is 0 Å². The molecule has 0 amide bonds. The Morgan fingerprint density at radius 3 is 0.500 bits per heavy atom. The maximum absolute atomic E-state index is 9.96. The third-order valence-electron chi connectivity index (χ3n) is 6.22. The molecule has 0 heterocycles. The zero-order valence-corrected chi connectivity index (χ0v) is 32.1. The molecule has 11 heteroatoms. The molecule has 1 radical (unpaired) electrons. The minimum Gasteiger partial charge on any atom is -0.481 e. The van der Waals surface area contributed by atoms with Crippen LogP contribution in [0.3, 0.4) is 0 Å². The summed E-state index contributed by atoms with van der Waals surface area (Å²) in [6.45, 7) is 10.6. The van der Waals surface area contributed by atoms with Gasteiger partial charge in [0, 0.05) is 54.5 Å². The Bertz CT molecular complexity index is 530. The maximum atomic E-state index is 9.96. The van der Waals surface area contributed by atoms with Gasteiger partial charge in [0.2, 0.25) is 0 Å². The van der Waals surface area contributed by atoms with Crippen molar-refractivity contribution in [1.29, 1.82) is 0 Å². The fraction of sp³-hybridized carbons (Fsp3) is 0.857. The van der Waals surface area contributed by atoms with Crippen molar-refractivity contribution in [3.8, 4) is 0 Å². The van der Waals surface area contributed by atoms with Crippen LogP contribution in [0.1, 0.15) is 195 Å². The number of carboxylic acids is 5. The molecule has 0 aliphatic carbocycles. The minimum atomic E-state index is -0.675. The van der Waals surface area contributed by atoms with Crippen LogP contribution in [0.25, 0.3) is 0 Å². The van der Waals surface area contributed by atoms with Crippen LogP contribution in [0.4, 0.5) is 0 Å². The molecule has 275 valence electrons. The van der Waals surface area contributed by atoms with Gasteiger partial charge in [-0.05, 0) is 32.1 Å². The molecule has 0 atom stereocenters. The maximum Gasteiger partial charge on any atom is 0.303 e. The number of carbonyl (C=O) groups is 5. The van der Waals surface area contributed by atoms with Crippen LogP contribution in [0, 0.1) is 0 Å². The van der Waals surface area contributed by atoms with E-state index < -0.39 is 29.8 Å². The summed E-state index contributed by atoms with van der Waals surface area (Å²) in [5.41, 5.74) is 0. The number of carboxylic acid groups (broad SMARTS) is 5. The summed E-state index contributed by atoms with van der Waals surface area (Å²) in [5, 5.41) is 41.1. The molecule has 0 spiro atoms. The van der Waals surface area contributed by atoms with E-state index in [0.717, 1.165) is 96.3 Å². The SMILES string of the molecule is CCCCCCC(=O)O.CCCCCCC(=O)O.CCCCCCC(=O)O.CCCCCCC(=O)O.CCCCCCC(=O)O.[Nb]. The number of rotatable bonds is 25. The largest absolute Gasteiger partial charge is 0.481 e. The Labute approximate surface area is 296 Å². The first-order chi connectivity index (χ1) is 21.4. The topological polar surface area (TPSA) is 186 Å². The molecule has 0 saturated heterocycles. The van der Waals surface area contributed by atoms with E-state index in [1.54, 1.807) is 0 Å². The van der Waals surface area contributed by atoms with Crippen LogP contribution in [-0.2, 0) is 46.4 Å². The second-order valence-corrected chi connectivity index (χ2v) is 11.0. The molecular weight excluding hydrogens is 673 g/mol. The van der Waals surface area contributed by atoms with Gasteiger partial charge in [-0.1, -0.05) is 131 Å². The molecule has 0 aromatic carbocycles. The Hall–Kier alpha value is -1.91. The van der Waals surface area contributed by atoms with Crippen molar-refractivity contribution in [3.63, 3.8) is 0 Å². The monoisotopic (exact) mass is 743 g/mol. The zero-order valence-electron chi connectivity index (χ0n) is 29.9. The van der Waals surface area contributed by atoms with E-state index in [0.29, 0.717) is 32.1 Å². The molecule has 0 aliphatic heterocycles. The van der Waals surface area contributed by atoms with Gasteiger partial charge in [0.15, 0.2) is 0 Å². The first-order valence-corrected chi connectivity index (χ1v) is 17.4. The van der Waals surface area contributed by atoms with E-state index >= 15 is 0 Å². The second kappa shape index (κ2) is 52.6. The van der Waals surface area contributed by atoms with E-state index in [2.05, 4.69) is 34.6 Å². The third kappa shape index (κ3) is 90.1. The van der Waals surface area contributed by atoms with Crippen molar-refractivity contribution in [2.24, 2.45) is 0 Å². The molecular formula is C35H70NbO10. The molecule has 46 heavy (non-hydrogen) atoms. The Morgan fingerprint density at radius 1 is 0.283 bits per heavy atom. The van der Waals surface area contributed by atoms with Crippen molar-refractivity contribution in [1.82, 2.24) is 0 Å². The first kappa shape index (κ1) is 56.4. The van der Waals surface area contributed by atoms with Crippen LogP contribution >= 0.6 is 0 Å². The molecule has 0 fully saturated rings. The van der Waals surface area contributed by atoms with Gasteiger partial charge < -0.3 is 25.5 Å². The van der Waals surface area contributed by atoms with E-state index in [1.165, 1.54) is 32.1 Å². The van der Waals surface area contributed by atoms with Gasteiger partial charge in [0.25, 0.3) is 0 Å². The van der Waals surface area contributed by atoms with E-state index in [-0.39, 0.29) is 22.4 Å². The summed E-state index contributed by atoms with van der Waals surface area (Å²) in [5.74, 6) is -3.37. The molecule has 0 aliphatic rings. The standard InChI is InChI=1S/5C7H14O2.Nb/c5*1-2-3-4-5-6-7(8)9;/h5*2-6H2,1H3,(H,8,9);. The van der Waals surface area contributed by atoms with E-state index in [1.807, 2.05) is 0 Å². The Morgan fingerprint density at radius 2 is 0.413 bits per heavy atom. The smallest absolute Gasteiger partial charge is 0.303 e. The van der Waals surface area contributed by atoms with Gasteiger partial charge in [0.1, 0.15) is 0 Å².